The molecule has 0 saturated heterocycles. The molecule has 5 heteroatoms. The van der Waals surface area contributed by atoms with Crippen molar-refractivity contribution in [2.24, 2.45) is 0 Å². The van der Waals surface area contributed by atoms with E-state index in [1.54, 1.807) is 0 Å². The Hall–Kier alpha value is 0.420. The first-order chi connectivity index (χ1) is 8.08. The van der Waals surface area contributed by atoms with Crippen molar-refractivity contribution in [2.75, 3.05) is 5.32 Å². The second-order valence-electron chi connectivity index (χ2n) is 4.35. The van der Waals surface area contributed by atoms with Gasteiger partial charge in [0.25, 0.3) is 0 Å². The molecule has 17 heavy (non-hydrogen) atoms. The van der Waals surface area contributed by atoms with Crippen molar-refractivity contribution < 1.29 is 5.11 Å². The fourth-order valence-electron chi connectivity index (χ4n) is 2.15. The van der Waals surface area contributed by atoms with Crippen molar-refractivity contribution in [3.63, 3.8) is 0 Å². The number of anilines is 1. The van der Waals surface area contributed by atoms with Crippen LogP contribution >= 0.6 is 47.8 Å². The van der Waals surface area contributed by atoms with Crippen LogP contribution in [0.4, 0.5) is 5.69 Å². The minimum atomic E-state index is -0.244. The molecule has 0 unspecified atom stereocenters. The standard InChI is InChI=1S/C12H14Br3NO/c13-7-5-8(14)12(9(15)6-7)16-10-3-1-2-4-11(10)17/h5-6,10-11,16-17H,1-4H2/t10-,11-/m1/s1. The van der Waals surface area contributed by atoms with Crippen LogP contribution in [0.1, 0.15) is 25.7 Å². The van der Waals surface area contributed by atoms with Crippen LogP contribution in [0.3, 0.4) is 0 Å². The number of nitrogens with one attached hydrogen (secondary N) is 1. The second kappa shape index (κ2) is 6.04. The summed E-state index contributed by atoms with van der Waals surface area (Å²) in [4.78, 5) is 0. The Morgan fingerprint density at radius 1 is 1.06 bits per heavy atom. The summed E-state index contributed by atoms with van der Waals surface area (Å²) in [5, 5.41) is 13.4. The zero-order chi connectivity index (χ0) is 12.4. The van der Waals surface area contributed by atoms with Gasteiger partial charge >= 0.3 is 0 Å². The topological polar surface area (TPSA) is 32.3 Å². The molecule has 1 saturated carbocycles. The summed E-state index contributed by atoms with van der Waals surface area (Å²) in [5.41, 5.74) is 1.01. The van der Waals surface area contributed by atoms with Gasteiger partial charge in [0.2, 0.25) is 0 Å². The summed E-state index contributed by atoms with van der Waals surface area (Å²) in [7, 11) is 0. The van der Waals surface area contributed by atoms with Gasteiger partial charge in [0.05, 0.1) is 17.8 Å². The van der Waals surface area contributed by atoms with Crippen molar-refractivity contribution in [1.82, 2.24) is 0 Å². The van der Waals surface area contributed by atoms with Gasteiger partial charge in [0, 0.05) is 13.4 Å². The summed E-state index contributed by atoms with van der Waals surface area (Å²) >= 11 is 10.5. The van der Waals surface area contributed by atoms with Crippen molar-refractivity contribution in [1.29, 1.82) is 0 Å². The van der Waals surface area contributed by atoms with Crippen LogP contribution in [0.25, 0.3) is 0 Å². The lowest BCUT2D eigenvalue weighted by atomic mass is 9.92. The van der Waals surface area contributed by atoms with Crippen LogP contribution in [0.5, 0.6) is 0 Å². The molecule has 2 N–H and O–H groups in total. The van der Waals surface area contributed by atoms with Gasteiger partial charge in [-0.15, -0.1) is 0 Å². The maximum Gasteiger partial charge on any atom is 0.0741 e. The van der Waals surface area contributed by atoms with Crippen molar-refractivity contribution in [3.05, 3.63) is 25.6 Å². The molecule has 0 spiro atoms. The van der Waals surface area contributed by atoms with Crippen LogP contribution in [0.2, 0.25) is 0 Å². The molecule has 0 bridgehead atoms. The lowest BCUT2D eigenvalue weighted by Gasteiger charge is -2.30. The number of rotatable bonds is 2. The molecule has 0 aliphatic heterocycles. The first-order valence-electron chi connectivity index (χ1n) is 5.67. The zero-order valence-corrected chi connectivity index (χ0v) is 14.0. The monoisotopic (exact) mass is 425 g/mol. The predicted molar refractivity (Wildman–Crippen MR) is 81.4 cm³/mol. The van der Waals surface area contributed by atoms with E-state index in [4.69, 9.17) is 0 Å². The molecule has 1 aromatic carbocycles. The normalized spacial score (nSPS) is 24.7. The van der Waals surface area contributed by atoms with E-state index in [0.717, 1.165) is 38.4 Å². The fourth-order valence-corrected chi connectivity index (χ4v) is 4.63. The van der Waals surface area contributed by atoms with E-state index in [1.807, 2.05) is 12.1 Å². The van der Waals surface area contributed by atoms with Gasteiger partial charge in [-0.3, -0.25) is 0 Å². The molecule has 1 aliphatic rings. The van der Waals surface area contributed by atoms with E-state index in [-0.39, 0.29) is 12.1 Å². The highest BCUT2D eigenvalue weighted by atomic mass is 79.9. The summed E-state index contributed by atoms with van der Waals surface area (Å²) in [5.74, 6) is 0. The Morgan fingerprint density at radius 2 is 1.65 bits per heavy atom. The third-order valence-corrected chi connectivity index (χ3v) is 4.77. The highest BCUT2D eigenvalue weighted by Gasteiger charge is 2.24. The number of hydrogen-bond acceptors (Lipinski definition) is 2. The Kier molecular flexibility index (Phi) is 4.92. The summed E-state index contributed by atoms with van der Waals surface area (Å²) < 4.78 is 3.01. The predicted octanol–water partition coefficient (Wildman–Crippen LogP) is 4.69. The minimum absolute atomic E-state index is 0.150. The van der Waals surface area contributed by atoms with Gasteiger partial charge in [-0.05, 0) is 56.8 Å². The third kappa shape index (κ3) is 3.46. The molecular weight excluding hydrogens is 414 g/mol. The number of benzene rings is 1. The summed E-state index contributed by atoms with van der Waals surface area (Å²) in [6, 6.07) is 4.16. The maximum atomic E-state index is 9.96. The number of aliphatic hydroxyl groups is 1. The first-order valence-corrected chi connectivity index (χ1v) is 8.05. The van der Waals surface area contributed by atoms with E-state index >= 15 is 0 Å². The molecule has 1 aromatic rings. The lowest BCUT2D eigenvalue weighted by molar-refractivity contribution is 0.116. The molecule has 94 valence electrons. The van der Waals surface area contributed by atoms with Gasteiger partial charge in [0.1, 0.15) is 0 Å². The van der Waals surface area contributed by atoms with Gasteiger partial charge in [-0.1, -0.05) is 28.8 Å². The molecule has 0 aromatic heterocycles. The molecule has 2 atom stereocenters. The van der Waals surface area contributed by atoms with Crippen molar-refractivity contribution >= 4 is 53.5 Å². The van der Waals surface area contributed by atoms with Gasteiger partial charge in [-0.25, -0.2) is 0 Å². The largest absolute Gasteiger partial charge is 0.391 e. The quantitative estimate of drug-likeness (QED) is 0.717. The first kappa shape index (κ1) is 13.8. The number of halogens is 3. The molecule has 2 rings (SSSR count). The van der Waals surface area contributed by atoms with E-state index in [1.165, 1.54) is 6.42 Å². The summed E-state index contributed by atoms with van der Waals surface area (Å²) in [6.45, 7) is 0. The van der Waals surface area contributed by atoms with Gasteiger partial charge in [0.15, 0.2) is 0 Å². The molecule has 0 amide bonds. The Labute approximate surface area is 127 Å². The smallest absolute Gasteiger partial charge is 0.0741 e. The summed E-state index contributed by atoms with van der Waals surface area (Å²) in [6.07, 6.45) is 3.98. The SMILES string of the molecule is O[C@@H]1CCCC[C@H]1Nc1c(Br)cc(Br)cc1Br. The average Bonchev–Trinajstić information content (AvgIpc) is 2.25. The third-order valence-electron chi connectivity index (χ3n) is 3.07. The lowest BCUT2D eigenvalue weighted by Crippen LogP contribution is -2.36. The van der Waals surface area contributed by atoms with Crippen LogP contribution in [-0.2, 0) is 0 Å². The number of aliphatic hydroxyl groups excluding tert-OH is 1. The minimum Gasteiger partial charge on any atom is -0.391 e. The molecule has 0 heterocycles. The second-order valence-corrected chi connectivity index (χ2v) is 6.97. The molecule has 1 fully saturated rings. The van der Waals surface area contributed by atoms with Crippen molar-refractivity contribution in [2.45, 2.75) is 37.8 Å². The Bertz CT molecular complexity index is 388. The zero-order valence-electron chi connectivity index (χ0n) is 9.22. The average molecular weight is 428 g/mol. The van der Waals surface area contributed by atoms with Crippen LogP contribution < -0.4 is 5.32 Å². The van der Waals surface area contributed by atoms with E-state index in [9.17, 15) is 5.11 Å². The van der Waals surface area contributed by atoms with Gasteiger partial charge in [-0.2, -0.15) is 0 Å². The highest BCUT2D eigenvalue weighted by Crippen LogP contribution is 2.36. The molecule has 0 radical (unpaired) electrons. The Morgan fingerprint density at radius 3 is 2.24 bits per heavy atom. The Balaban J connectivity index is 2.17. The van der Waals surface area contributed by atoms with E-state index < -0.39 is 0 Å². The van der Waals surface area contributed by atoms with Crippen molar-refractivity contribution in [3.8, 4) is 0 Å². The number of hydrogen-bond donors (Lipinski definition) is 2. The molecular formula is C12H14Br3NO. The van der Waals surface area contributed by atoms with Crippen LogP contribution in [0.15, 0.2) is 25.6 Å². The van der Waals surface area contributed by atoms with Gasteiger partial charge < -0.3 is 10.4 Å². The molecule has 2 nitrogen and oxygen atoms in total. The van der Waals surface area contributed by atoms with E-state index in [0.29, 0.717) is 0 Å². The highest BCUT2D eigenvalue weighted by molar-refractivity contribution is 9.11. The van der Waals surface area contributed by atoms with Crippen LogP contribution in [0, 0.1) is 0 Å². The molecule has 1 aliphatic carbocycles. The maximum absolute atomic E-state index is 9.96. The fraction of sp³-hybridized carbons (Fsp3) is 0.500. The van der Waals surface area contributed by atoms with Crippen LogP contribution in [-0.4, -0.2) is 17.3 Å². The van der Waals surface area contributed by atoms with E-state index in [2.05, 4.69) is 53.1 Å².